The van der Waals surface area contributed by atoms with Gasteiger partial charge in [0.2, 0.25) is 0 Å². The average Bonchev–Trinajstić information content (AvgIpc) is 1.72. The number of rotatable bonds is 3. The summed E-state index contributed by atoms with van der Waals surface area (Å²) in [6.45, 7) is 6.97. The van der Waals surface area contributed by atoms with Gasteiger partial charge < -0.3 is 0 Å². The molecule has 0 saturated carbocycles. The van der Waals surface area contributed by atoms with E-state index in [-0.39, 0.29) is 14.1 Å². The molecule has 0 nitrogen and oxygen atoms in total. The molecule has 0 saturated heterocycles. The van der Waals surface area contributed by atoms with E-state index < -0.39 is 0 Å². The van der Waals surface area contributed by atoms with Crippen LogP contribution < -0.4 is 0 Å². The molecule has 0 aromatic rings. The zero-order chi connectivity index (χ0) is 5.70. The maximum atomic E-state index is 2.32. The van der Waals surface area contributed by atoms with Gasteiger partial charge in [0.05, 0.1) is 0 Å². The van der Waals surface area contributed by atoms with Gasteiger partial charge in [-0.2, -0.15) is 0 Å². The van der Waals surface area contributed by atoms with Crippen LogP contribution in [0, 0.1) is 0 Å². The molecular weight excluding hydrogens is 76.1 g/mol. The summed E-state index contributed by atoms with van der Waals surface area (Å²) in [6, 6.07) is 0. The molecule has 0 amide bonds. The van der Waals surface area contributed by atoms with Crippen LogP contribution in [-0.2, 0) is 0 Å². The van der Waals surface area contributed by atoms with Crippen LogP contribution in [0.15, 0.2) is 0 Å². The van der Waals surface area contributed by atoms with Gasteiger partial charge in [0.15, 0.2) is 0 Å². The zero-order valence-electron chi connectivity index (χ0n) is 5.70. The van der Waals surface area contributed by atoms with Crippen LogP contribution in [-0.4, -0.2) is 14.1 Å². The van der Waals surface area contributed by atoms with Crippen LogP contribution in [0.25, 0.3) is 0 Å². The first-order chi connectivity index (χ1) is 3.35. The fraction of sp³-hybridized carbons (Fsp3) is 1.00. The monoisotopic (exact) mass is 91.1 g/mol. The first kappa shape index (κ1) is 7.53. The fourth-order valence-electron chi connectivity index (χ4n) is 0.866. The summed E-state index contributed by atoms with van der Waals surface area (Å²) in [7, 11) is 0. The zero-order valence-corrected chi connectivity index (χ0v) is 6.85. The Bertz CT molecular complexity index is 25.7. The van der Waals surface area contributed by atoms with Gasteiger partial charge in [-0.15, -0.1) is 0 Å². The van der Waals surface area contributed by atoms with Crippen molar-refractivity contribution in [2.75, 3.05) is 0 Å². The van der Waals surface area contributed by atoms with Gasteiger partial charge in [0, 0.05) is 0 Å². The smallest absolute Gasteiger partial charge is 0.0967 e. The van der Waals surface area contributed by atoms with Crippen LogP contribution >= 0.6 is 0 Å². The van der Waals surface area contributed by atoms with Gasteiger partial charge in [-0.25, -0.2) is 0 Å². The second kappa shape index (κ2) is 4.69. The molecule has 0 aromatic heterocycles. The molecule has 0 aliphatic rings. The molecule has 0 bridgehead atoms. The maximum absolute atomic E-state index is 2.32. The summed E-state index contributed by atoms with van der Waals surface area (Å²) < 4.78 is 0. The summed E-state index contributed by atoms with van der Waals surface area (Å²) in [5.41, 5.74) is 0. The topological polar surface area (TPSA) is 0 Å². The van der Waals surface area contributed by atoms with Crippen molar-refractivity contribution in [3.05, 3.63) is 0 Å². The van der Waals surface area contributed by atoms with E-state index in [0.29, 0.717) is 0 Å². The lowest BCUT2D eigenvalue weighted by Gasteiger charge is -1.97. The predicted molar refractivity (Wildman–Crippen MR) is 37.2 cm³/mol. The molecule has 7 heavy (non-hydrogen) atoms. The highest BCUT2D eigenvalue weighted by molar-refractivity contribution is 6.58. The van der Waals surface area contributed by atoms with Crippen LogP contribution in [0.2, 0.25) is 15.8 Å². The first-order valence-electron chi connectivity index (χ1n) is 3.35. The molecule has 0 heterocycles. The molecule has 0 aliphatic carbocycles. The van der Waals surface area contributed by atoms with Gasteiger partial charge in [0.25, 0.3) is 14.1 Å². The van der Waals surface area contributed by atoms with E-state index in [9.17, 15) is 0 Å². The van der Waals surface area contributed by atoms with Crippen molar-refractivity contribution in [1.29, 1.82) is 0 Å². The van der Waals surface area contributed by atoms with E-state index in [2.05, 4.69) is 20.8 Å². The summed E-state index contributed by atoms with van der Waals surface area (Å²) >= 11 is -0.171. The summed E-state index contributed by atoms with van der Waals surface area (Å²) in [5, 5.41) is 4.48. The minimum Gasteiger partial charge on any atom is -0.0967 e. The number of hydrogen-bond donors (Lipinski definition) is 0. The molecule has 0 aromatic carbocycles. The highest BCUT2D eigenvalue weighted by Crippen LogP contribution is 2.01. The third-order valence-electron chi connectivity index (χ3n) is 1.73. The molecule has 0 spiro atoms. The number of hydrogen-bond acceptors (Lipinski definition) is 0. The first-order valence-corrected chi connectivity index (χ1v) is 5.80. The van der Waals surface area contributed by atoms with Crippen molar-refractivity contribution in [3.63, 3.8) is 0 Å². The van der Waals surface area contributed by atoms with Gasteiger partial charge in [-0.1, -0.05) is 36.6 Å². The predicted octanol–water partition coefficient (Wildman–Crippen LogP) is 2.54. The van der Waals surface area contributed by atoms with Crippen molar-refractivity contribution in [1.82, 2.24) is 0 Å². The minimum absolute atomic E-state index is 0.171. The van der Waals surface area contributed by atoms with E-state index in [4.69, 9.17) is 0 Å². The Morgan fingerprint density at radius 1 is 0.857 bits per heavy atom. The van der Waals surface area contributed by atoms with Crippen molar-refractivity contribution < 1.29 is 0 Å². The minimum atomic E-state index is -0.171. The molecule has 42 valence electrons. The lowest BCUT2D eigenvalue weighted by atomic mass is 3.64. The molecule has 0 N–H and O–H groups in total. The van der Waals surface area contributed by atoms with E-state index in [0.717, 1.165) is 0 Å². The molecule has 0 unspecified atom stereocenters. The lowest BCUT2D eigenvalue weighted by molar-refractivity contribution is 1.24. The van der Waals surface area contributed by atoms with Crippen LogP contribution in [0.1, 0.15) is 20.8 Å². The molecular formula is C6H15Al. The summed E-state index contributed by atoms with van der Waals surface area (Å²) in [6.07, 6.45) is 0. The highest BCUT2D eigenvalue weighted by Gasteiger charge is 2.05. The molecule has 0 fully saturated rings. The van der Waals surface area contributed by atoms with Crippen molar-refractivity contribution in [2.45, 2.75) is 36.6 Å². The van der Waals surface area contributed by atoms with E-state index >= 15 is 0 Å². The second-order valence-electron chi connectivity index (χ2n) is 2.09. The van der Waals surface area contributed by atoms with Crippen LogP contribution in [0.5, 0.6) is 0 Å². The Kier molecular flexibility index (Phi) is 5.04. The summed E-state index contributed by atoms with van der Waals surface area (Å²) in [4.78, 5) is 0. The van der Waals surface area contributed by atoms with E-state index in [1.54, 1.807) is 0 Å². The van der Waals surface area contributed by atoms with Crippen LogP contribution in [0.3, 0.4) is 0 Å². The van der Waals surface area contributed by atoms with E-state index in [1.807, 2.05) is 0 Å². The van der Waals surface area contributed by atoms with Gasteiger partial charge >= 0.3 is 0 Å². The molecule has 0 rings (SSSR count). The normalized spacial score (nSPS) is 9.00. The third-order valence-corrected chi connectivity index (χ3v) is 5.20. The Hall–Kier alpha value is 0.532. The van der Waals surface area contributed by atoms with Crippen LogP contribution in [0.4, 0.5) is 0 Å². The third kappa shape index (κ3) is 3.14. The largest absolute Gasteiger partial charge is 0.261 e. The van der Waals surface area contributed by atoms with Crippen molar-refractivity contribution in [2.24, 2.45) is 0 Å². The summed E-state index contributed by atoms with van der Waals surface area (Å²) in [5.74, 6) is 0. The van der Waals surface area contributed by atoms with Gasteiger partial charge in [0.1, 0.15) is 0 Å². The molecule has 0 aliphatic heterocycles. The van der Waals surface area contributed by atoms with Crippen molar-refractivity contribution >= 4 is 14.1 Å². The molecule has 1 heteroatoms. The Balaban J connectivity index is 2.99. The molecule has 0 atom stereocenters. The van der Waals surface area contributed by atoms with Crippen molar-refractivity contribution in [3.8, 4) is 0 Å². The Labute approximate surface area is 51.3 Å². The fourth-order valence-corrected chi connectivity index (χ4v) is 2.60. The lowest BCUT2D eigenvalue weighted by Crippen LogP contribution is -2.04. The van der Waals surface area contributed by atoms with Gasteiger partial charge in [-0.3, -0.25) is 0 Å². The second-order valence-corrected chi connectivity index (χ2v) is 6.27. The quantitative estimate of drug-likeness (QED) is 0.468. The average molecular weight is 91.2 g/mol. The van der Waals surface area contributed by atoms with Gasteiger partial charge in [-0.05, 0) is 0 Å². The standard InChI is InChI=1S/3C2H5.Al/c3*1-2;/h3*1H2,2H3;/i;;;1-23. The van der Waals surface area contributed by atoms with E-state index in [1.165, 1.54) is 15.8 Å². The Morgan fingerprint density at radius 3 is 1.14 bits per heavy atom. The Morgan fingerprint density at radius 2 is 1.14 bits per heavy atom. The molecule has 0 radical (unpaired) electrons. The maximum Gasteiger partial charge on any atom is 0.261 e. The SMILES string of the molecule is C[CH2][4Al]([CH2]C)[CH2]C. The highest BCUT2D eigenvalue weighted by atomic mass is 13.2.